The Hall–Kier alpha value is -2.29. The number of rotatable bonds is 10. The zero-order chi connectivity index (χ0) is 23.3. The van der Waals surface area contributed by atoms with Crippen LogP contribution in [0.4, 0.5) is 5.13 Å². The van der Waals surface area contributed by atoms with Gasteiger partial charge in [0.2, 0.25) is 10.0 Å². The van der Waals surface area contributed by atoms with E-state index in [2.05, 4.69) is 10.3 Å². The molecule has 4 unspecified atom stereocenters. The molecule has 5 N–H and O–H groups in total. The second kappa shape index (κ2) is 10.3. The van der Waals surface area contributed by atoms with Crippen LogP contribution in [0.2, 0.25) is 0 Å². The molecule has 31 heavy (non-hydrogen) atoms. The number of anilines is 1. The number of carbonyl (C=O) groups excluding carboxylic acids is 1. The van der Waals surface area contributed by atoms with Crippen LogP contribution in [0, 0.1) is 0 Å². The molecular formula is C18H25N3O8S2. The Kier molecular flexibility index (Phi) is 8.34. The molecule has 4 atom stereocenters. The van der Waals surface area contributed by atoms with Crippen molar-refractivity contribution in [1.82, 2.24) is 10.3 Å². The van der Waals surface area contributed by atoms with Crippen molar-refractivity contribution in [3.63, 3.8) is 0 Å². The van der Waals surface area contributed by atoms with Crippen LogP contribution in [0.25, 0.3) is 0 Å². The summed E-state index contributed by atoms with van der Waals surface area (Å²) in [5.41, 5.74) is 0.134. The zero-order valence-corrected chi connectivity index (χ0v) is 18.7. The third-order valence-electron chi connectivity index (χ3n) is 4.46. The predicted octanol–water partition coefficient (Wildman–Crippen LogP) is -0.555. The Morgan fingerprint density at radius 3 is 2.42 bits per heavy atom. The molecule has 1 aromatic heterocycles. The molecule has 13 heteroatoms. The highest BCUT2D eigenvalue weighted by Gasteiger charge is 2.35. The molecular weight excluding hydrogens is 450 g/mol. The topological polar surface area (TPSA) is 170 Å². The number of nitrogens with zero attached hydrogens (tertiary/aromatic N) is 2. The molecule has 1 amide bonds. The van der Waals surface area contributed by atoms with E-state index in [0.29, 0.717) is 0 Å². The number of carbonyl (C=O) groups is 1. The fourth-order valence-corrected chi connectivity index (χ4v) is 4.16. The highest BCUT2D eigenvalue weighted by atomic mass is 32.2. The molecule has 2 rings (SSSR count). The minimum absolute atomic E-state index is 0.0403. The van der Waals surface area contributed by atoms with E-state index >= 15 is 0 Å². The molecule has 0 aliphatic heterocycles. The molecule has 0 radical (unpaired) electrons. The minimum Gasteiger partial charge on any atom is -0.508 e. The van der Waals surface area contributed by atoms with Crippen molar-refractivity contribution in [3.8, 4) is 5.75 Å². The summed E-state index contributed by atoms with van der Waals surface area (Å²) >= 11 is 0.922. The van der Waals surface area contributed by atoms with E-state index in [-0.39, 0.29) is 28.7 Å². The quantitative estimate of drug-likeness (QED) is 0.302. The zero-order valence-electron chi connectivity index (χ0n) is 17.0. The maximum absolute atomic E-state index is 12.7. The van der Waals surface area contributed by atoms with E-state index in [1.807, 2.05) is 0 Å². The van der Waals surface area contributed by atoms with Crippen molar-refractivity contribution >= 4 is 32.4 Å². The van der Waals surface area contributed by atoms with Gasteiger partial charge in [-0.05, 0) is 17.7 Å². The number of thiazole rings is 1. The van der Waals surface area contributed by atoms with E-state index in [9.17, 15) is 33.6 Å². The smallest absolute Gasteiger partial charge is 0.271 e. The lowest BCUT2D eigenvalue weighted by molar-refractivity contribution is -0.0633. The van der Waals surface area contributed by atoms with Crippen LogP contribution < -0.4 is 9.62 Å². The highest BCUT2D eigenvalue weighted by molar-refractivity contribution is 7.92. The average Bonchev–Trinajstić information content (AvgIpc) is 3.20. The van der Waals surface area contributed by atoms with Gasteiger partial charge in [-0.3, -0.25) is 4.79 Å². The summed E-state index contributed by atoms with van der Waals surface area (Å²) in [6.07, 6.45) is -3.51. The number of methoxy groups -OCH3 is 1. The maximum atomic E-state index is 12.7. The normalized spacial score (nSPS) is 15.7. The SMILES string of the molecule is COCC(O)C(O)C(NC(=O)c1csc(N(C)S(C)(=O)=O)n1)C(O)c1ccc(O)cc1. The first-order chi connectivity index (χ1) is 14.5. The number of ether oxygens (including phenoxy) is 1. The average molecular weight is 476 g/mol. The molecule has 0 saturated carbocycles. The standard InChI is InChI=1S/C18H25N3O8S2/c1-21(31(3,27)28)18-19-12(9-30-18)17(26)20-14(16(25)13(23)8-29-2)15(24)10-4-6-11(22)7-5-10/h4-7,9,13-16,22-25H,8H2,1-3H3,(H,20,26). The fourth-order valence-electron chi connectivity index (χ4n) is 2.62. The van der Waals surface area contributed by atoms with Crippen LogP contribution >= 0.6 is 11.3 Å². The van der Waals surface area contributed by atoms with Crippen LogP contribution in [0.15, 0.2) is 29.6 Å². The molecule has 172 valence electrons. The van der Waals surface area contributed by atoms with Crippen LogP contribution in [0.1, 0.15) is 22.2 Å². The van der Waals surface area contributed by atoms with Gasteiger partial charge in [-0.1, -0.05) is 12.1 Å². The van der Waals surface area contributed by atoms with E-state index < -0.39 is 40.3 Å². The van der Waals surface area contributed by atoms with Gasteiger partial charge in [0.1, 0.15) is 29.8 Å². The number of aromatic nitrogens is 1. The molecule has 0 bridgehead atoms. The number of phenolic OH excluding ortho intramolecular Hbond substituents is 1. The van der Waals surface area contributed by atoms with Crippen molar-refractivity contribution < 1.29 is 38.4 Å². The molecule has 0 spiro atoms. The Morgan fingerprint density at radius 2 is 1.87 bits per heavy atom. The van der Waals surface area contributed by atoms with Gasteiger partial charge < -0.3 is 30.5 Å². The van der Waals surface area contributed by atoms with Gasteiger partial charge in [0.15, 0.2) is 5.13 Å². The second-order valence-electron chi connectivity index (χ2n) is 6.79. The monoisotopic (exact) mass is 475 g/mol. The highest BCUT2D eigenvalue weighted by Crippen LogP contribution is 2.25. The minimum atomic E-state index is -3.57. The van der Waals surface area contributed by atoms with Gasteiger partial charge >= 0.3 is 0 Å². The second-order valence-corrected chi connectivity index (χ2v) is 9.65. The van der Waals surface area contributed by atoms with Crippen LogP contribution in [0.5, 0.6) is 5.75 Å². The first kappa shape index (κ1) is 25.0. The Bertz CT molecular complexity index is 980. The van der Waals surface area contributed by atoms with Gasteiger partial charge in [-0.25, -0.2) is 17.7 Å². The van der Waals surface area contributed by atoms with Crippen molar-refractivity contribution in [1.29, 1.82) is 0 Å². The number of aromatic hydroxyl groups is 1. The van der Waals surface area contributed by atoms with Crippen LogP contribution in [0.3, 0.4) is 0 Å². The Morgan fingerprint density at radius 1 is 1.26 bits per heavy atom. The van der Waals surface area contributed by atoms with Crippen molar-refractivity contribution in [2.24, 2.45) is 0 Å². The van der Waals surface area contributed by atoms with Crippen molar-refractivity contribution in [3.05, 3.63) is 40.9 Å². The van der Waals surface area contributed by atoms with E-state index in [1.54, 1.807) is 0 Å². The predicted molar refractivity (Wildman–Crippen MR) is 114 cm³/mol. The molecule has 0 aliphatic rings. The molecule has 0 fully saturated rings. The van der Waals surface area contributed by atoms with E-state index in [4.69, 9.17) is 4.74 Å². The third-order valence-corrected chi connectivity index (χ3v) is 6.66. The summed E-state index contributed by atoms with van der Waals surface area (Å²) in [6.45, 7) is -0.254. The lowest BCUT2D eigenvalue weighted by atomic mass is 9.94. The lowest BCUT2D eigenvalue weighted by Crippen LogP contribution is -2.52. The first-order valence-corrected chi connectivity index (χ1v) is 11.7. The number of amides is 1. The third kappa shape index (κ3) is 6.35. The summed E-state index contributed by atoms with van der Waals surface area (Å²) in [4.78, 5) is 16.7. The number of hydrogen-bond donors (Lipinski definition) is 5. The van der Waals surface area contributed by atoms with Gasteiger partial charge in [-0.15, -0.1) is 11.3 Å². The molecule has 1 heterocycles. The van der Waals surface area contributed by atoms with E-state index in [1.165, 1.54) is 43.8 Å². The summed E-state index contributed by atoms with van der Waals surface area (Å²) in [6, 6.07) is 4.07. The van der Waals surface area contributed by atoms with Gasteiger partial charge in [0.05, 0.1) is 18.9 Å². The molecule has 0 aliphatic carbocycles. The maximum Gasteiger partial charge on any atom is 0.271 e. The molecule has 0 saturated heterocycles. The number of phenols is 1. The molecule has 1 aromatic carbocycles. The Balaban J connectivity index is 2.29. The lowest BCUT2D eigenvalue weighted by Gasteiger charge is -2.31. The summed E-state index contributed by atoms with van der Waals surface area (Å²) in [5.74, 6) is -0.836. The van der Waals surface area contributed by atoms with Crippen LogP contribution in [-0.2, 0) is 14.8 Å². The van der Waals surface area contributed by atoms with Crippen molar-refractivity contribution in [2.45, 2.75) is 24.4 Å². The van der Waals surface area contributed by atoms with Gasteiger partial charge in [0, 0.05) is 19.5 Å². The first-order valence-electron chi connectivity index (χ1n) is 8.98. The number of aliphatic hydroxyl groups excluding tert-OH is 3. The number of nitrogens with one attached hydrogen (secondary N) is 1. The number of sulfonamides is 1. The summed E-state index contributed by atoms with van der Waals surface area (Å²) in [5, 5.41) is 44.6. The van der Waals surface area contributed by atoms with Crippen LogP contribution in [-0.4, -0.2) is 85.0 Å². The molecule has 2 aromatic rings. The summed E-state index contributed by atoms with van der Waals surface area (Å²) < 4.78 is 29.0. The molecule has 11 nitrogen and oxygen atoms in total. The Labute approximate surface area is 183 Å². The number of hydrogen-bond acceptors (Lipinski definition) is 10. The largest absolute Gasteiger partial charge is 0.508 e. The van der Waals surface area contributed by atoms with E-state index in [0.717, 1.165) is 21.9 Å². The fraction of sp³-hybridized carbons (Fsp3) is 0.444. The van der Waals surface area contributed by atoms with Crippen molar-refractivity contribution in [2.75, 3.05) is 31.3 Å². The number of aliphatic hydroxyl groups is 3. The van der Waals surface area contributed by atoms with Gasteiger partial charge in [-0.2, -0.15) is 0 Å². The van der Waals surface area contributed by atoms with Gasteiger partial charge in [0.25, 0.3) is 5.91 Å². The summed E-state index contributed by atoms with van der Waals surface area (Å²) in [7, 11) is -0.969. The number of benzene rings is 1.